The van der Waals surface area contributed by atoms with Crippen molar-refractivity contribution in [2.75, 3.05) is 12.8 Å². The van der Waals surface area contributed by atoms with Gasteiger partial charge in [0, 0.05) is 6.54 Å². The number of hydrogen-bond donors (Lipinski definition) is 2. The number of carboxylic acid groups (broad SMARTS) is 1. The maximum atomic E-state index is 11.6. The molecule has 0 saturated carbocycles. The smallest absolute Gasteiger partial charge is 0.308 e. The molecule has 2 N–H and O–H groups in total. The standard InChI is InChI=1S/C14H19NO3S/c1-10(19-2)13(16)15-9-12(14(17)18)8-11-6-4-3-5-7-11/h3-7,10,12H,8-9H2,1-2H3,(H,15,16)(H,17,18). The number of benzene rings is 1. The lowest BCUT2D eigenvalue weighted by atomic mass is 9.99. The molecule has 0 saturated heterocycles. The van der Waals surface area contributed by atoms with E-state index in [9.17, 15) is 14.7 Å². The van der Waals surface area contributed by atoms with Crippen molar-refractivity contribution in [2.45, 2.75) is 18.6 Å². The fraction of sp³-hybridized carbons (Fsp3) is 0.429. The van der Waals surface area contributed by atoms with Gasteiger partial charge in [0.1, 0.15) is 0 Å². The molecule has 0 aliphatic rings. The molecule has 0 aromatic heterocycles. The molecule has 0 radical (unpaired) electrons. The average molecular weight is 281 g/mol. The first-order valence-corrected chi connectivity index (χ1v) is 7.40. The van der Waals surface area contributed by atoms with E-state index in [0.717, 1.165) is 5.56 Å². The average Bonchev–Trinajstić information content (AvgIpc) is 2.42. The zero-order valence-electron chi connectivity index (χ0n) is 11.1. The third-order valence-corrected chi connectivity index (χ3v) is 3.84. The third kappa shape index (κ3) is 5.34. The van der Waals surface area contributed by atoms with Crippen LogP contribution in [0.2, 0.25) is 0 Å². The number of hydrogen-bond acceptors (Lipinski definition) is 3. The minimum atomic E-state index is -0.888. The molecule has 0 heterocycles. The molecule has 1 aromatic rings. The van der Waals surface area contributed by atoms with Gasteiger partial charge in [-0.2, -0.15) is 11.8 Å². The number of carbonyl (C=O) groups is 2. The van der Waals surface area contributed by atoms with Gasteiger partial charge in [0.2, 0.25) is 5.91 Å². The molecule has 0 aliphatic heterocycles. The first-order chi connectivity index (χ1) is 9.04. The summed E-state index contributed by atoms with van der Waals surface area (Å²) in [5.41, 5.74) is 0.960. The van der Waals surface area contributed by atoms with E-state index >= 15 is 0 Å². The predicted molar refractivity (Wildman–Crippen MR) is 77.3 cm³/mol. The molecule has 4 nitrogen and oxygen atoms in total. The van der Waals surface area contributed by atoms with Crippen molar-refractivity contribution in [1.29, 1.82) is 0 Å². The summed E-state index contributed by atoms with van der Waals surface area (Å²) in [6, 6.07) is 9.43. The number of nitrogens with one attached hydrogen (secondary N) is 1. The van der Waals surface area contributed by atoms with Crippen LogP contribution < -0.4 is 5.32 Å². The molecule has 5 heteroatoms. The Balaban J connectivity index is 2.55. The quantitative estimate of drug-likeness (QED) is 0.800. The molecule has 2 atom stereocenters. The largest absolute Gasteiger partial charge is 0.481 e. The number of thioether (sulfide) groups is 1. The normalized spacial score (nSPS) is 13.6. The van der Waals surface area contributed by atoms with Crippen LogP contribution in [0.5, 0.6) is 0 Å². The fourth-order valence-electron chi connectivity index (χ4n) is 1.62. The third-order valence-electron chi connectivity index (χ3n) is 2.92. The van der Waals surface area contributed by atoms with Crippen molar-refractivity contribution in [2.24, 2.45) is 5.92 Å². The van der Waals surface area contributed by atoms with Crippen molar-refractivity contribution in [3.05, 3.63) is 35.9 Å². The Bertz CT molecular complexity index is 422. The van der Waals surface area contributed by atoms with E-state index in [0.29, 0.717) is 6.42 Å². The Morgan fingerprint density at radius 3 is 2.47 bits per heavy atom. The van der Waals surface area contributed by atoms with Crippen molar-refractivity contribution in [3.63, 3.8) is 0 Å². The topological polar surface area (TPSA) is 66.4 Å². The lowest BCUT2D eigenvalue weighted by Gasteiger charge is -2.15. The molecule has 2 unspecified atom stereocenters. The number of carboxylic acids is 1. The van der Waals surface area contributed by atoms with Crippen LogP contribution in [0.1, 0.15) is 12.5 Å². The monoisotopic (exact) mass is 281 g/mol. The van der Waals surface area contributed by atoms with Gasteiger partial charge in [-0.3, -0.25) is 9.59 Å². The van der Waals surface area contributed by atoms with E-state index in [2.05, 4.69) is 5.32 Å². The van der Waals surface area contributed by atoms with Crippen LogP contribution in [0.25, 0.3) is 0 Å². The minimum Gasteiger partial charge on any atom is -0.481 e. The predicted octanol–water partition coefficient (Wildman–Crippen LogP) is 1.80. The Morgan fingerprint density at radius 1 is 1.32 bits per heavy atom. The van der Waals surface area contributed by atoms with Gasteiger partial charge in [-0.05, 0) is 25.2 Å². The highest BCUT2D eigenvalue weighted by atomic mass is 32.2. The van der Waals surface area contributed by atoms with Crippen molar-refractivity contribution >= 4 is 23.6 Å². The van der Waals surface area contributed by atoms with E-state index in [1.165, 1.54) is 11.8 Å². The number of aliphatic carboxylic acids is 1. The zero-order valence-corrected chi connectivity index (χ0v) is 11.9. The second-order valence-electron chi connectivity index (χ2n) is 4.35. The first-order valence-electron chi connectivity index (χ1n) is 6.11. The van der Waals surface area contributed by atoms with Gasteiger partial charge in [-0.1, -0.05) is 30.3 Å². The maximum Gasteiger partial charge on any atom is 0.308 e. The van der Waals surface area contributed by atoms with Gasteiger partial charge < -0.3 is 10.4 Å². The molecule has 0 bridgehead atoms. The van der Waals surface area contributed by atoms with Gasteiger partial charge >= 0.3 is 5.97 Å². The lowest BCUT2D eigenvalue weighted by molar-refractivity contribution is -0.141. The molecule has 0 aliphatic carbocycles. The summed E-state index contributed by atoms with van der Waals surface area (Å²) in [6.45, 7) is 1.96. The lowest BCUT2D eigenvalue weighted by Crippen LogP contribution is -2.37. The SMILES string of the molecule is CSC(C)C(=O)NCC(Cc1ccccc1)C(=O)O. The van der Waals surface area contributed by atoms with Gasteiger partial charge in [0.05, 0.1) is 11.2 Å². The second kappa shape index (κ2) is 7.84. The highest BCUT2D eigenvalue weighted by Crippen LogP contribution is 2.09. The summed E-state index contributed by atoms with van der Waals surface area (Å²) in [6.07, 6.45) is 2.27. The summed E-state index contributed by atoms with van der Waals surface area (Å²) in [5.74, 6) is -1.60. The number of rotatable bonds is 7. The zero-order chi connectivity index (χ0) is 14.3. The molecule has 1 amide bonds. The van der Waals surface area contributed by atoms with E-state index < -0.39 is 11.9 Å². The molecule has 1 aromatic carbocycles. The summed E-state index contributed by atoms with van der Waals surface area (Å²) >= 11 is 1.44. The van der Waals surface area contributed by atoms with Crippen LogP contribution in [0.4, 0.5) is 0 Å². The molecular formula is C14H19NO3S. The highest BCUT2D eigenvalue weighted by Gasteiger charge is 2.20. The van der Waals surface area contributed by atoms with E-state index in [1.54, 1.807) is 6.92 Å². The molecule has 1 rings (SSSR count). The summed E-state index contributed by atoms with van der Waals surface area (Å²) in [5, 5.41) is 11.7. The number of carbonyl (C=O) groups excluding carboxylic acids is 1. The molecule has 0 spiro atoms. The Kier molecular flexibility index (Phi) is 6.42. The minimum absolute atomic E-state index is 0.119. The van der Waals surface area contributed by atoms with Crippen LogP contribution in [0, 0.1) is 5.92 Å². The highest BCUT2D eigenvalue weighted by molar-refractivity contribution is 7.99. The van der Waals surface area contributed by atoms with E-state index in [-0.39, 0.29) is 17.7 Å². The summed E-state index contributed by atoms with van der Waals surface area (Å²) in [4.78, 5) is 22.8. The Labute approximate surface area is 117 Å². The summed E-state index contributed by atoms with van der Waals surface area (Å²) in [7, 11) is 0. The Morgan fingerprint density at radius 2 is 1.95 bits per heavy atom. The van der Waals surface area contributed by atoms with Crippen LogP contribution in [0.15, 0.2) is 30.3 Å². The van der Waals surface area contributed by atoms with E-state index in [4.69, 9.17) is 0 Å². The van der Waals surface area contributed by atoms with Crippen LogP contribution >= 0.6 is 11.8 Å². The van der Waals surface area contributed by atoms with Crippen molar-refractivity contribution in [1.82, 2.24) is 5.32 Å². The second-order valence-corrected chi connectivity index (χ2v) is 5.53. The molecule has 104 valence electrons. The van der Waals surface area contributed by atoms with Crippen LogP contribution in [-0.2, 0) is 16.0 Å². The van der Waals surface area contributed by atoms with E-state index in [1.807, 2.05) is 36.6 Å². The molecule has 19 heavy (non-hydrogen) atoms. The Hall–Kier alpha value is -1.49. The van der Waals surface area contributed by atoms with Gasteiger partial charge in [-0.25, -0.2) is 0 Å². The number of amides is 1. The molecular weight excluding hydrogens is 262 g/mol. The fourth-order valence-corrected chi connectivity index (χ4v) is 1.92. The van der Waals surface area contributed by atoms with Gasteiger partial charge in [0.15, 0.2) is 0 Å². The first kappa shape index (κ1) is 15.6. The summed E-state index contributed by atoms with van der Waals surface area (Å²) < 4.78 is 0. The van der Waals surface area contributed by atoms with Crippen LogP contribution in [-0.4, -0.2) is 35.0 Å². The van der Waals surface area contributed by atoms with Crippen molar-refractivity contribution in [3.8, 4) is 0 Å². The van der Waals surface area contributed by atoms with Gasteiger partial charge in [0.25, 0.3) is 0 Å². The van der Waals surface area contributed by atoms with Crippen molar-refractivity contribution < 1.29 is 14.7 Å². The molecule has 0 fully saturated rings. The van der Waals surface area contributed by atoms with Gasteiger partial charge in [-0.15, -0.1) is 0 Å². The van der Waals surface area contributed by atoms with Crippen LogP contribution in [0.3, 0.4) is 0 Å². The maximum absolute atomic E-state index is 11.6.